The highest BCUT2D eigenvalue weighted by molar-refractivity contribution is 5.82. The molecule has 0 spiro atoms. The quantitative estimate of drug-likeness (QED) is 0.604. The van der Waals surface area contributed by atoms with Gasteiger partial charge in [-0.1, -0.05) is 0 Å². The molecule has 6 rings (SSSR count). The van der Waals surface area contributed by atoms with Gasteiger partial charge in [-0.3, -0.25) is 4.79 Å². The molecule has 3 fully saturated rings. The molecule has 9 nitrogen and oxygen atoms in total. The van der Waals surface area contributed by atoms with Crippen LogP contribution < -0.4 is 4.90 Å². The summed E-state index contributed by atoms with van der Waals surface area (Å²) in [5.74, 6) is 0.971. The number of piperazine rings is 1. The average molecular weight is 452 g/mol. The Balaban J connectivity index is 1.25. The minimum Gasteiger partial charge on any atom is -0.351 e. The standard InChI is InChI=1S/C22H22F2N8O/c23-22(24)31-9-16(7-27-31)15-5-19-20(26-12-28-30(19)8-15)29-10-17-1-2-18(11-29)32(17)21(33)14-3-13(4-14)6-25/h5,7-9,12-14,17-18,22H,1-4,10-11H2. The van der Waals surface area contributed by atoms with Crippen LogP contribution in [-0.4, -0.2) is 60.4 Å². The molecule has 2 atom stereocenters. The number of aromatic nitrogens is 5. The normalized spacial score (nSPS) is 26.6. The molecule has 5 heterocycles. The van der Waals surface area contributed by atoms with Crippen LogP contribution in [0.5, 0.6) is 0 Å². The second kappa shape index (κ2) is 7.50. The number of carbonyl (C=O) groups is 1. The molecule has 170 valence electrons. The Kier molecular flexibility index (Phi) is 4.57. The number of alkyl halides is 2. The fourth-order valence-electron chi connectivity index (χ4n) is 5.48. The van der Waals surface area contributed by atoms with Gasteiger partial charge in [0.05, 0.1) is 12.3 Å². The van der Waals surface area contributed by atoms with E-state index in [1.54, 1.807) is 10.7 Å². The van der Waals surface area contributed by atoms with E-state index < -0.39 is 6.55 Å². The summed E-state index contributed by atoms with van der Waals surface area (Å²) in [7, 11) is 0. The van der Waals surface area contributed by atoms with Crippen molar-refractivity contribution in [1.82, 2.24) is 29.3 Å². The molecular weight excluding hydrogens is 430 g/mol. The van der Waals surface area contributed by atoms with Gasteiger partial charge in [0.1, 0.15) is 11.8 Å². The Morgan fingerprint density at radius 2 is 1.88 bits per heavy atom. The molecule has 0 aromatic carbocycles. The van der Waals surface area contributed by atoms with Gasteiger partial charge in [-0.15, -0.1) is 0 Å². The lowest BCUT2D eigenvalue weighted by molar-refractivity contribution is -0.142. The summed E-state index contributed by atoms with van der Waals surface area (Å²) >= 11 is 0. The first-order chi connectivity index (χ1) is 16.0. The van der Waals surface area contributed by atoms with Gasteiger partial charge in [0.15, 0.2) is 5.82 Å². The minimum absolute atomic E-state index is 0.0163. The van der Waals surface area contributed by atoms with E-state index in [-0.39, 0.29) is 29.8 Å². The number of hydrogen-bond acceptors (Lipinski definition) is 6. The lowest BCUT2D eigenvalue weighted by Gasteiger charge is -2.44. The highest BCUT2D eigenvalue weighted by atomic mass is 19.3. The molecule has 1 aliphatic carbocycles. The van der Waals surface area contributed by atoms with Crippen LogP contribution in [0, 0.1) is 23.2 Å². The van der Waals surface area contributed by atoms with Crippen molar-refractivity contribution < 1.29 is 13.6 Å². The molecule has 1 saturated carbocycles. The number of amides is 1. The van der Waals surface area contributed by atoms with Crippen LogP contribution in [-0.2, 0) is 4.79 Å². The number of anilines is 1. The SMILES string of the molecule is N#CC1CC(C(=O)N2C3CCC2CN(c2ncnn4cc(-c5cnn(C(F)F)c5)cc24)C3)C1. The molecular formula is C22H22F2N8O. The molecule has 33 heavy (non-hydrogen) atoms. The molecule has 2 bridgehead atoms. The third-order valence-corrected chi connectivity index (χ3v) is 7.23. The maximum atomic E-state index is 13.1. The van der Waals surface area contributed by atoms with Crippen LogP contribution >= 0.6 is 0 Å². The van der Waals surface area contributed by atoms with E-state index >= 15 is 0 Å². The summed E-state index contributed by atoms with van der Waals surface area (Å²) in [5.41, 5.74) is 2.10. The Morgan fingerprint density at radius 3 is 2.55 bits per heavy atom. The van der Waals surface area contributed by atoms with E-state index in [4.69, 9.17) is 5.26 Å². The molecule has 0 radical (unpaired) electrons. The molecule has 2 saturated heterocycles. The lowest BCUT2D eigenvalue weighted by atomic mass is 9.75. The molecule has 3 aliphatic rings. The Bertz CT molecular complexity index is 1240. The van der Waals surface area contributed by atoms with E-state index in [1.807, 2.05) is 6.07 Å². The fraction of sp³-hybridized carbons (Fsp3) is 0.500. The maximum Gasteiger partial charge on any atom is 0.333 e. The number of nitrogens with zero attached hydrogens (tertiary/aromatic N) is 8. The fourth-order valence-corrected chi connectivity index (χ4v) is 5.48. The van der Waals surface area contributed by atoms with E-state index in [1.165, 1.54) is 18.7 Å². The highest BCUT2D eigenvalue weighted by Gasteiger charge is 2.47. The number of halogens is 2. The van der Waals surface area contributed by atoms with Gasteiger partial charge in [-0.2, -0.15) is 24.2 Å². The molecule has 11 heteroatoms. The Labute approximate surface area is 188 Å². The van der Waals surface area contributed by atoms with Crippen molar-refractivity contribution in [3.8, 4) is 17.2 Å². The summed E-state index contributed by atoms with van der Waals surface area (Å²) in [5, 5.41) is 17.0. The van der Waals surface area contributed by atoms with Crippen molar-refractivity contribution in [2.24, 2.45) is 11.8 Å². The van der Waals surface area contributed by atoms with Gasteiger partial charge in [0, 0.05) is 60.5 Å². The Morgan fingerprint density at radius 1 is 1.12 bits per heavy atom. The lowest BCUT2D eigenvalue weighted by Crippen LogP contribution is -2.58. The van der Waals surface area contributed by atoms with Crippen molar-refractivity contribution in [2.45, 2.75) is 44.3 Å². The first-order valence-electron chi connectivity index (χ1n) is 11.1. The van der Waals surface area contributed by atoms with Crippen LogP contribution in [0.4, 0.5) is 14.6 Å². The molecule has 2 aliphatic heterocycles. The third kappa shape index (κ3) is 3.23. The zero-order valence-corrected chi connectivity index (χ0v) is 17.8. The first-order valence-corrected chi connectivity index (χ1v) is 11.1. The van der Waals surface area contributed by atoms with E-state index in [0.29, 0.717) is 36.2 Å². The highest BCUT2D eigenvalue weighted by Crippen LogP contribution is 2.40. The number of fused-ring (bicyclic) bond motifs is 3. The van der Waals surface area contributed by atoms with Crippen LogP contribution in [0.15, 0.2) is 31.0 Å². The van der Waals surface area contributed by atoms with Gasteiger partial charge >= 0.3 is 6.55 Å². The zero-order valence-electron chi connectivity index (χ0n) is 17.8. The largest absolute Gasteiger partial charge is 0.351 e. The monoisotopic (exact) mass is 452 g/mol. The number of rotatable bonds is 4. The molecule has 3 aromatic rings. The summed E-state index contributed by atoms with van der Waals surface area (Å²) in [6, 6.07) is 4.40. The number of hydrogen-bond donors (Lipinski definition) is 0. The van der Waals surface area contributed by atoms with Crippen molar-refractivity contribution in [3.05, 3.63) is 31.0 Å². The average Bonchev–Trinajstić information content (AvgIpc) is 3.48. The van der Waals surface area contributed by atoms with E-state index in [2.05, 4.69) is 31.1 Å². The van der Waals surface area contributed by atoms with Crippen molar-refractivity contribution in [3.63, 3.8) is 0 Å². The summed E-state index contributed by atoms with van der Waals surface area (Å²) in [4.78, 5) is 21.9. The summed E-state index contributed by atoms with van der Waals surface area (Å²) in [6.07, 6.45) is 9.27. The van der Waals surface area contributed by atoms with Crippen molar-refractivity contribution >= 4 is 17.2 Å². The number of carbonyl (C=O) groups excluding carboxylic acids is 1. The van der Waals surface area contributed by atoms with E-state index in [9.17, 15) is 13.6 Å². The van der Waals surface area contributed by atoms with Crippen molar-refractivity contribution in [1.29, 1.82) is 5.26 Å². The van der Waals surface area contributed by atoms with Crippen LogP contribution in [0.2, 0.25) is 0 Å². The van der Waals surface area contributed by atoms with Crippen LogP contribution in [0.1, 0.15) is 32.2 Å². The van der Waals surface area contributed by atoms with Crippen LogP contribution in [0.25, 0.3) is 16.6 Å². The summed E-state index contributed by atoms with van der Waals surface area (Å²) < 4.78 is 28.2. The molecule has 0 N–H and O–H groups in total. The van der Waals surface area contributed by atoms with Gasteiger partial charge in [0.25, 0.3) is 0 Å². The van der Waals surface area contributed by atoms with Gasteiger partial charge in [0.2, 0.25) is 5.91 Å². The van der Waals surface area contributed by atoms with Gasteiger partial charge in [-0.05, 0) is 31.7 Å². The summed E-state index contributed by atoms with van der Waals surface area (Å²) in [6.45, 7) is -1.31. The maximum absolute atomic E-state index is 13.1. The smallest absolute Gasteiger partial charge is 0.333 e. The molecule has 3 aromatic heterocycles. The van der Waals surface area contributed by atoms with Gasteiger partial charge < -0.3 is 9.80 Å². The van der Waals surface area contributed by atoms with Crippen molar-refractivity contribution in [2.75, 3.05) is 18.0 Å². The minimum atomic E-state index is -2.69. The van der Waals surface area contributed by atoms with E-state index in [0.717, 1.165) is 29.7 Å². The van der Waals surface area contributed by atoms with Gasteiger partial charge in [-0.25, -0.2) is 14.2 Å². The predicted molar refractivity (Wildman–Crippen MR) is 113 cm³/mol. The van der Waals surface area contributed by atoms with Crippen LogP contribution in [0.3, 0.4) is 0 Å². The first kappa shape index (κ1) is 20.1. The second-order valence-electron chi connectivity index (χ2n) is 9.16. The predicted octanol–water partition coefficient (Wildman–Crippen LogP) is 2.72. The topological polar surface area (TPSA) is 95.3 Å². The zero-order chi connectivity index (χ0) is 22.7. The third-order valence-electron chi connectivity index (χ3n) is 7.23. The second-order valence-corrected chi connectivity index (χ2v) is 9.16. The number of nitriles is 1. The Hall–Kier alpha value is -3.55. The molecule has 2 unspecified atom stereocenters. The molecule has 1 amide bonds.